The highest BCUT2D eigenvalue weighted by Crippen LogP contribution is 2.22. The molecule has 1 aliphatic rings. The fourth-order valence-electron chi connectivity index (χ4n) is 2.30. The van der Waals surface area contributed by atoms with Gasteiger partial charge in [-0.3, -0.25) is 4.79 Å². The summed E-state index contributed by atoms with van der Waals surface area (Å²) >= 11 is 1.62. The van der Waals surface area contributed by atoms with E-state index < -0.39 is 10.0 Å². The molecule has 0 unspecified atom stereocenters. The van der Waals surface area contributed by atoms with Crippen molar-refractivity contribution in [1.29, 1.82) is 0 Å². The molecule has 0 atom stereocenters. The smallest absolute Gasteiger partial charge is 0.251 e. The Labute approximate surface area is 152 Å². The molecule has 0 bridgehead atoms. The molecular formula is C18H20N2O3S2. The van der Waals surface area contributed by atoms with Gasteiger partial charge in [0.2, 0.25) is 10.0 Å². The molecule has 0 saturated heterocycles. The third kappa shape index (κ3) is 4.84. The fraction of sp³-hybridized carbons (Fsp3) is 0.278. The molecule has 1 saturated carbocycles. The van der Waals surface area contributed by atoms with Crippen molar-refractivity contribution in [2.45, 2.75) is 35.2 Å². The van der Waals surface area contributed by atoms with Gasteiger partial charge in [-0.25, -0.2) is 13.1 Å². The Hall–Kier alpha value is -1.83. The summed E-state index contributed by atoms with van der Waals surface area (Å²) in [7, 11) is -3.43. The predicted octanol–water partition coefficient (Wildman–Crippen LogP) is 2.78. The number of benzene rings is 2. The lowest BCUT2D eigenvalue weighted by molar-refractivity contribution is 0.0951. The van der Waals surface area contributed by atoms with E-state index in [9.17, 15) is 13.2 Å². The average Bonchev–Trinajstić information content (AvgIpc) is 3.43. The molecule has 2 N–H and O–H groups in total. The van der Waals surface area contributed by atoms with Crippen molar-refractivity contribution in [2.75, 3.05) is 6.26 Å². The number of thioether (sulfide) groups is 1. The van der Waals surface area contributed by atoms with Crippen molar-refractivity contribution in [3.8, 4) is 0 Å². The summed E-state index contributed by atoms with van der Waals surface area (Å²) in [4.78, 5) is 13.5. The Balaban J connectivity index is 1.58. The van der Waals surface area contributed by atoms with Crippen LogP contribution >= 0.6 is 11.8 Å². The monoisotopic (exact) mass is 376 g/mol. The van der Waals surface area contributed by atoms with Gasteiger partial charge in [-0.15, -0.1) is 11.8 Å². The molecule has 0 heterocycles. The van der Waals surface area contributed by atoms with E-state index in [0.717, 1.165) is 23.3 Å². The van der Waals surface area contributed by atoms with Crippen molar-refractivity contribution in [3.63, 3.8) is 0 Å². The third-order valence-corrected chi connectivity index (χ3v) is 6.22. The normalized spacial score (nSPS) is 14.3. The van der Waals surface area contributed by atoms with Crippen LogP contribution in [0.1, 0.15) is 28.8 Å². The van der Waals surface area contributed by atoms with Crippen LogP contribution < -0.4 is 10.0 Å². The van der Waals surface area contributed by atoms with Crippen LogP contribution in [-0.4, -0.2) is 26.6 Å². The molecule has 2 aromatic rings. The van der Waals surface area contributed by atoms with Crippen molar-refractivity contribution in [3.05, 3.63) is 59.7 Å². The molecule has 0 aromatic heterocycles. The number of rotatable bonds is 7. The highest BCUT2D eigenvalue weighted by Gasteiger charge is 2.27. The lowest BCUT2D eigenvalue weighted by Crippen LogP contribution is -2.26. The topological polar surface area (TPSA) is 75.3 Å². The van der Waals surface area contributed by atoms with Crippen LogP contribution in [-0.2, 0) is 16.6 Å². The molecule has 0 spiro atoms. The zero-order valence-corrected chi connectivity index (χ0v) is 15.5. The summed E-state index contributed by atoms with van der Waals surface area (Å²) < 4.78 is 26.9. The fourth-order valence-corrected chi connectivity index (χ4v) is 4.02. The Morgan fingerprint density at radius 2 is 1.72 bits per heavy atom. The molecule has 1 aliphatic carbocycles. The van der Waals surface area contributed by atoms with Gasteiger partial charge >= 0.3 is 0 Å². The number of hydrogen-bond acceptors (Lipinski definition) is 4. The van der Waals surface area contributed by atoms with Crippen LogP contribution in [0.2, 0.25) is 0 Å². The standard InChI is InChI=1S/C18H20N2O3S2/c1-24-16-8-4-14(5-9-16)18(21)19-12-13-2-10-17(11-3-13)25(22,23)20-15-6-7-15/h2-5,8-11,15,20H,6-7,12H2,1H3,(H,19,21). The van der Waals surface area contributed by atoms with Gasteiger partial charge in [-0.05, 0) is 61.1 Å². The van der Waals surface area contributed by atoms with Crippen molar-refractivity contribution >= 4 is 27.7 Å². The second kappa shape index (κ2) is 7.59. The first kappa shape index (κ1) is 18.0. The van der Waals surface area contributed by atoms with E-state index >= 15 is 0 Å². The molecule has 1 amide bonds. The van der Waals surface area contributed by atoms with E-state index in [0.29, 0.717) is 12.1 Å². The highest BCUT2D eigenvalue weighted by molar-refractivity contribution is 7.98. The van der Waals surface area contributed by atoms with E-state index in [2.05, 4.69) is 10.0 Å². The number of sulfonamides is 1. The summed E-state index contributed by atoms with van der Waals surface area (Å²) in [5.41, 5.74) is 1.45. The summed E-state index contributed by atoms with van der Waals surface area (Å²) in [5, 5.41) is 2.84. The number of carbonyl (C=O) groups excluding carboxylic acids is 1. The zero-order valence-electron chi connectivity index (χ0n) is 13.9. The van der Waals surface area contributed by atoms with Gasteiger partial charge in [0.15, 0.2) is 0 Å². The maximum Gasteiger partial charge on any atom is 0.251 e. The summed E-state index contributed by atoms with van der Waals surface area (Å²) in [6.45, 7) is 0.347. The summed E-state index contributed by atoms with van der Waals surface area (Å²) in [6.07, 6.45) is 3.79. The summed E-state index contributed by atoms with van der Waals surface area (Å²) in [5.74, 6) is -0.153. The molecule has 25 heavy (non-hydrogen) atoms. The Morgan fingerprint density at radius 1 is 1.08 bits per heavy atom. The second-order valence-electron chi connectivity index (χ2n) is 5.95. The Morgan fingerprint density at radius 3 is 2.28 bits per heavy atom. The minimum atomic E-state index is -3.43. The minimum Gasteiger partial charge on any atom is -0.348 e. The van der Waals surface area contributed by atoms with E-state index in [1.54, 1.807) is 48.2 Å². The van der Waals surface area contributed by atoms with Crippen LogP contribution in [0.3, 0.4) is 0 Å². The molecule has 7 heteroatoms. The van der Waals surface area contributed by atoms with Crippen molar-refractivity contribution in [2.24, 2.45) is 0 Å². The van der Waals surface area contributed by atoms with Gasteiger partial charge in [0, 0.05) is 23.0 Å². The highest BCUT2D eigenvalue weighted by atomic mass is 32.2. The number of hydrogen-bond donors (Lipinski definition) is 2. The molecular weight excluding hydrogens is 356 g/mol. The maximum atomic E-state index is 12.1. The van der Waals surface area contributed by atoms with Gasteiger partial charge in [0.05, 0.1) is 4.90 Å². The molecule has 3 rings (SSSR count). The van der Waals surface area contributed by atoms with E-state index in [4.69, 9.17) is 0 Å². The maximum absolute atomic E-state index is 12.1. The van der Waals surface area contributed by atoms with Gasteiger partial charge in [0.1, 0.15) is 0 Å². The number of amides is 1. The number of carbonyl (C=O) groups is 1. The molecule has 0 aliphatic heterocycles. The van der Waals surface area contributed by atoms with Crippen LogP contribution in [0, 0.1) is 0 Å². The van der Waals surface area contributed by atoms with Crippen LogP contribution in [0.4, 0.5) is 0 Å². The Bertz CT molecular complexity index is 843. The quantitative estimate of drug-likeness (QED) is 0.729. The van der Waals surface area contributed by atoms with Crippen LogP contribution in [0.15, 0.2) is 58.3 Å². The van der Waals surface area contributed by atoms with Gasteiger partial charge in [-0.2, -0.15) is 0 Å². The molecule has 132 valence electrons. The molecule has 5 nitrogen and oxygen atoms in total. The Kier molecular flexibility index (Phi) is 5.46. The first-order chi connectivity index (χ1) is 12.0. The SMILES string of the molecule is CSc1ccc(C(=O)NCc2ccc(S(=O)(=O)NC3CC3)cc2)cc1. The third-order valence-electron chi connectivity index (χ3n) is 3.94. The lowest BCUT2D eigenvalue weighted by Gasteiger charge is -2.08. The van der Waals surface area contributed by atoms with Crippen LogP contribution in [0.5, 0.6) is 0 Å². The first-order valence-corrected chi connectivity index (χ1v) is 10.7. The zero-order chi connectivity index (χ0) is 17.9. The van der Waals surface area contributed by atoms with Crippen molar-refractivity contribution < 1.29 is 13.2 Å². The minimum absolute atomic E-state index is 0.0847. The first-order valence-electron chi connectivity index (χ1n) is 8.01. The van der Waals surface area contributed by atoms with Crippen molar-refractivity contribution in [1.82, 2.24) is 10.0 Å². The molecule has 1 fully saturated rings. The molecule has 0 radical (unpaired) electrons. The molecule has 2 aromatic carbocycles. The van der Waals surface area contributed by atoms with Gasteiger partial charge in [-0.1, -0.05) is 12.1 Å². The lowest BCUT2D eigenvalue weighted by atomic mass is 10.2. The van der Waals surface area contributed by atoms with E-state index in [1.165, 1.54) is 0 Å². The van der Waals surface area contributed by atoms with E-state index in [1.807, 2.05) is 18.4 Å². The van der Waals surface area contributed by atoms with Gasteiger partial charge in [0.25, 0.3) is 5.91 Å². The second-order valence-corrected chi connectivity index (χ2v) is 8.54. The van der Waals surface area contributed by atoms with Crippen LogP contribution in [0.25, 0.3) is 0 Å². The van der Waals surface area contributed by atoms with Gasteiger partial charge < -0.3 is 5.32 Å². The number of nitrogens with one attached hydrogen (secondary N) is 2. The average molecular weight is 377 g/mol. The summed E-state index contributed by atoms with van der Waals surface area (Å²) in [6, 6.07) is 14.1. The van der Waals surface area contributed by atoms with E-state index in [-0.39, 0.29) is 16.8 Å². The predicted molar refractivity (Wildman–Crippen MR) is 99.2 cm³/mol. The largest absolute Gasteiger partial charge is 0.348 e.